The maximum Gasteiger partial charge on any atom is 0.159 e. The number of anilines is 6. The fourth-order valence-electron chi connectivity index (χ4n) is 15.4. The van der Waals surface area contributed by atoms with Gasteiger partial charge in [0.05, 0.1) is 27.8 Å². The SMILES string of the molecule is c1ccc(-c2ccc(N(c3cc(-c4ccccc4)cc(N(c4ccc5c(c4)c4c6c(ccc4n5-c4ccccc4)C4(c5ccccc5-c5ccccc54)c4ccccc4-6)c4cccc5c4oc4ccccc45)c3)c3cccc4c3oc3ccccc34)cc2)cc1. The van der Waals surface area contributed by atoms with Crippen molar-refractivity contribution >= 4 is 99.8 Å². The van der Waals surface area contributed by atoms with Gasteiger partial charge in [0.2, 0.25) is 0 Å². The van der Waals surface area contributed by atoms with Crippen molar-refractivity contribution < 1.29 is 8.83 Å². The van der Waals surface area contributed by atoms with E-state index in [-0.39, 0.29) is 0 Å². The molecular weight excluding hydrogens is 1090 g/mol. The third kappa shape index (κ3) is 7.26. The van der Waals surface area contributed by atoms with Gasteiger partial charge in [-0.15, -0.1) is 0 Å². The zero-order chi connectivity index (χ0) is 59.0. The van der Waals surface area contributed by atoms with Crippen molar-refractivity contribution in [1.82, 2.24) is 4.57 Å². The zero-order valence-electron chi connectivity index (χ0n) is 48.8. The standard InChI is InChI=1S/C85H53N3O2/c1-4-22-54(23-5-1)56-42-44-59(45-43-56)86(77-38-20-33-67-65-30-13-18-40-79(65)89-83(67)77)61-50-57(55-24-6-2-7-25-55)51-62(52-61)87(78-39-21-34-68-66-31-14-19-41-80(66)90-84(68)78)60-46-48-75-70(53-60)82-76(88(75)58-26-8-3-9-27-58)49-47-74-81(82)69-32-12-17-37-73(69)85(74)71-35-15-10-28-63(71)64-29-11-16-36-72(64)85/h1-53H. The maximum atomic E-state index is 7.12. The molecule has 14 aromatic carbocycles. The van der Waals surface area contributed by atoms with Crippen molar-refractivity contribution in [3.63, 3.8) is 0 Å². The summed E-state index contributed by atoms with van der Waals surface area (Å²) >= 11 is 0. The first-order chi connectivity index (χ1) is 44.7. The maximum absolute atomic E-state index is 7.12. The summed E-state index contributed by atoms with van der Waals surface area (Å²) in [6.07, 6.45) is 0. The van der Waals surface area contributed by atoms with Crippen LogP contribution in [0.4, 0.5) is 34.1 Å². The highest BCUT2D eigenvalue weighted by Gasteiger charge is 2.52. The van der Waals surface area contributed by atoms with Crippen molar-refractivity contribution in [2.75, 3.05) is 9.80 Å². The topological polar surface area (TPSA) is 37.7 Å². The number of rotatable bonds is 9. The molecule has 0 atom stereocenters. The summed E-state index contributed by atoms with van der Waals surface area (Å²) in [5.74, 6) is 0. The predicted octanol–water partition coefficient (Wildman–Crippen LogP) is 23.2. The van der Waals surface area contributed by atoms with Gasteiger partial charge in [-0.1, -0.05) is 231 Å². The van der Waals surface area contributed by atoms with Crippen LogP contribution in [0.5, 0.6) is 0 Å². The van der Waals surface area contributed by atoms with Crippen molar-refractivity contribution in [1.29, 1.82) is 0 Å². The van der Waals surface area contributed by atoms with Crippen LogP contribution in [0.1, 0.15) is 22.3 Å². The molecule has 2 aliphatic carbocycles. The lowest BCUT2D eigenvalue weighted by molar-refractivity contribution is 0.669. The molecule has 3 aromatic heterocycles. The van der Waals surface area contributed by atoms with Crippen LogP contribution in [0.3, 0.4) is 0 Å². The van der Waals surface area contributed by atoms with Crippen molar-refractivity contribution in [2.24, 2.45) is 0 Å². The highest BCUT2D eigenvalue weighted by atomic mass is 16.3. The molecule has 19 rings (SSSR count). The van der Waals surface area contributed by atoms with E-state index in [9.17, 15) is 0 Å². The molecule has 0 saturated carbocycles. The van der Waals surface area contributed by atoms with Gasteiger partial charge in [-0.3, -0.25) is 0 Å². The molecule has 0 saturated heterocycles. The number of nitrogens with zero attached hydrogens (tertiary/aromatic N) is 3. The predicted molar refractivity (Wildman–Crippen MR) is 372 cm³/mol. The van der Waals surface area contributed by atoms with Gasteiger partial charge in [-0.25, -0.2) is 0 Å². The summed E-state index contributed by atoms with van der Waals surface area (Å²) in [5, 5.41) is 6.59. The summed E-state index contributed by atoms with van der Waals surface area (Å²) in [6.45, 7) is 0. The third-order valence-electron chi connectivity index (χ3n) is 19.2. The Kier molecular flexibility index (Phi) is 10.9. The summed E-state index contributed by atoms with van der Waals surface area (Å²) in [5.41, 5.74) is 26.6. The lowest BCUT2D eigenvalue weighted by Crippen LogP contribution is -2.25. The Hall–Kier alpha value is -11.9. The van der Waals surface area contributed by atoms with E-state index in [1.165, 1.54) is 49.9 Å². The molecule has 3 heterocycles. The normalized spacial score (nSPS) is 12.8. The number of para-hydroxylation sites is 5. The number of hydrogen-bond donors (Lipinski definition) is 0. The summed E-state index contributed by atoms with van der Waals surface area (Å²) in [7, 11) is 0. The average Bonchev–Trinajstić information content (AvgIpc) is 1.50. The molecule has 5 heteroatoms. The van der Waals surface area contributed by atoms with Crippen molar-refractivity contribution in [3.05, 3.63) is 344 Å². The highest BCUT2D eigenvalue weighted by molar-refractivity contribution is 6.20. The van der Waals surface area contributed by atoms with Gasteiger partial charge in [0.25, 0.3) is 0 Å². The van der Waals surface area contributed by atoms with Crippen LogP contribution in [0.15, 0.2) is 330 Å². The van der Waals surface area contributed by atoms with Crippen LogP contribution < -0.4 is 9.80 Å². The molecule has 2 aliphatic rings. The van der Waals surface area contributed by atoms with E-state index in [2.05, 4.69) is 330 Å². The Labute approximate surface area is 519 Å². The average molecular weight is 1150 g/mol. The lowest BCUT2D eigenvalue weighted by atomic mass is 9.70. The molecular formula is C85H53N3O2. The van der Waals surface area contributed by atoms with Crippen LogP contribution in [0, 0.1) is 0 Å². The largest absolute Gasteiger partial charge is 0.454 e. The Bertz CT molecular complexity index is 5690. The van der Waals surface area contributed by atoms with E-state index in [1.807, 2.05) is 6.07 Å². The Morgan fingerprint density at radius 1 is 0.278 bits per heavy atom. The van der Waals surface area contributed by atoms with Gasteiger partial charge in [0, 0.05) is 60.8 Å². The molecule has 0 fully saturated rings. The molecule has 420 valence electrons. The van der Waals surface area contributed by atoms with Gasteiger partial charge >= 0.3 is 0 Å². The molecule has 17 aromatic rings. The van der Waals surface area contributed by atoms with Crippen LogP contribution in [-0.4, -0.2) is 4.57 Å². The molecule has 90 heavy (non-hydrogen) atoms. The number of benzene rings is 14. The van der Waals surface area contributed by atoms with Gasteiger partial charge in [0.1, 0.15) is 11.2 Å². The van der Waals surface area contributed by atoms with E-state index < -0.39 is 5.41 Å². The van der Waals surface area contributed by atoms with E-state index in [0.717, 1.165) is 122 Å². The summed E-state index contributed by atoms with van der Waals surface area (Å²) in [4.78, 5) is 4.81. The fourth-order valence-corrected chi connectivity index (χ4v) is 15.4. The molecule has 0 N–H and O–H groups in total. The van der Waals surface area contributed by atoms with Crippen LogP contribution in [0.2, 0.25) is 0 Å². The fraction of sp³-hybridized carbons (Fsp3) is 0.0118. The Balaban J connectivity index is 0.914. The molecule has 0 radical (unpaired) electrons. The zero-order valence-corrected chi connectivity index (χ0v) is 48.8. The first-order valence-electron chi connectivity index (χ1n) is 30.9. The second kappa shape index (κ2) is 19.5. The first kappa shape index (κ1) is 50.3. The Morgan fingerprint density at radius 3 is 1.33 bits per heavy atom. The quantitative estimate of drug-likeness (QED) is 0.144. The van der Waals surface area contributed by atoms with Gasteiger partial charge in [0.15, 0.2) is 11.2 Å². The van der Waals surface area contributed by atoms with Gasteiger partial charge < -0.3 is 23.2 Å². The Morgan fingerprint density at radius 2 is 0.733 bits per heavy atom. The number of aromatic nitrogens is 1. The first-order valence-corrected chi connectivity index (χ1v) is 30.9. The monoisotopic (exact) mass is 1150 g/mol. The van der Waals surface area contributed by atoms with Crippen molar-refractivity contribution in [2.45, 2.75) is 5.41 Å². The number of furan rings is 2. The molecule has 0 bridgehead atoms. The number of hydrogen-bond acceptors (Lipinski definition) is 4. The molecule has 0 unspecified atom stereocenters. The third-order valence-corrected chi connectivity index (χ3v) is 19.2. The van der Waals surface area contributed by atoms with Crippen LogP contribution in [0.25, 0.3) is 116 Å². The van der Waals surface area contributed by atoms with E-state index in [0.29, 0.717) is 0 Å². The summed E-state index contributed by atoms with van der Waals surface area (Å²) < 4.78 is 16.6. The molecule has 0 amide bonds. The second-order valence-electron chi connectivity index (χ2n) is 23.8. The van der Waals surface area contributed by atoms with Gasteiger partial charge in [-0.05, 0) is 158 Å². The van der Waals surface area contributed by atoms with E-state index in [4.69, 9.17) is 8.83 Å². The minimum atomic E-state index is -0.524. The van der Waals surface area contributed by atoms with Gasteiger partial charge in [-0.2, -0.15) is 0 Å². The second-order valence-corrected chi connectivity index (χ2v) is 23.8. The van der Waals surface area contributed by atoms with E-state index >= 15 is 0 Å². The molecule has 1 spiro atoms. The van der Waals surface area contributed by atoms with Crippen LogP contribution in [-0.2, 0) is 5.41 Å². The highest BCUT2D eigenvalue weighted by Crippen LogP contribution is 2.64. The number of fused-ring (bicyclic) bond motifs is 20. The lowest BCUT2D eigenvalue weighted by Gasteiger charge is -2.30. The van der Waals surface area contributed by atoms with Crippen LogP contribution >= 0.6 is 0 Å². The van der Waals surface area contributed by atoms with E-state index in [1.54, 1.807) is 0 Å². The molecule has 0 aliphatic heterocycles. The van der Waals surface area contributed by atoms with Crippen molar-refractivity contribution in [3.8, 4) is 50.2 Å². The molecule has 5 nitrogen and oxygen atoms in total. The smallest absolute Gasteiger partial charge is 0.159 e. The summed E-state index contributed by atoms with van der Waals surface area (Å²) in [6, 6.07) is 117. The minimum Gasteiger partial charge on any atom is -0.454 e. The minimum absolute atomic E-state index is 0.524.